The maximum Gasteiger partial charge on any atom is 0.226 e. The van der Waals surface area contributed by atoms with Crippen molar-refractivity contribution in [1.29, 1.82) is 0 Å². The van der Waals surface area contributed by atoms with Gasteiger partial charge in [0, 0.05) is 45.0 Å². The summed E-state index contributed by atoms with van der Waals surface area (Å²) in [5.41, 5.74) is 1.02. The number of aryl methyl sites for hydroxylation is 1. The van der Waals surface area contributed by atoms with E-state index in [1.165, 1.54) is 0 Å². The lowest BCUT2D eigenvalue weighted by Crippen LogP contribution is -2.38. The molecule has 2 heterocycles. The molecule has 0 amide bonds. The summed E-state index contributed by atoms with van der Waals surface area (Å²) in [5, 5.41) is 10.4. The van der Waals surface area contributed by atoms with Crippen LogP contribution in [0, 0.1) is 0 Å². The molecule has 2 aromatic rings. The summed E-state index contributed by atoms with van der Waals surface area (Å²) < 4.78 is 10.6. The molecular weight excluding hydrogens is 376 g/mol. The third-order valence-corrected chi connectivity index (χ3v) is 5.23. The smallest absolute Gasteiger partial charge is 0.226 e. The van der Waals surface area contributed by atoms with E-state index in [1.807, 2.05) is 14.0 Å². The molecule has 156 valence electrons. The molecule has 0 aliphatic rings. The molecule has 8 nitrogen and oxygen atoms in total. The zero-order valence-corrected chi connectivity index (χ0v) is 18.5. The number of aromatic nitrogens is 3. The highest BCUT2D eigenvalue weighted by Gasteiger charge is 2.13. The number of ether oxygens (including phenoxy) is 1. The zero-order valence-electron chi connectivity index (χ0n) is 17.7. The van der Waals surface area contributed by atoms with Crippen molar-refractivity contribution in [3.05, 3.63) is 27.8 Å². The summed E-state index contributed by atoms with van der Waals surface area (Å²) in [7, 11) is 3.72. The van der Waals surface area contributed by atoms with Crippen LogP contribution >= 0.6 is 11.3 Å². The molecule has 0 saturated carbocycles. The highest BCUT2D eigenvalue weighted by atomic mass is 32.1. The van der Waals surface area contributed by atoms with Crippen LogP contribution in [0.3, 0.4) is 0 Å². The second-order valence-corrected chi connectivity index (χ2v) is 7.84. The van der Waals surface area contributed by atoms with E-state index in [0.29, 0.717) is 19.0 Å². The summed E-state index contributed by atoms with van der Waals surface area (Å²) in [6.45, 7) is 10.4. The summed E-state index contributed by atoms with van der Waals surface area (Å²) >= 11 is 1.63. The van der Waals surface area contributed by atoms with Gasteiger partial charge in [0.2, 0.25) is 5.89 Å². The fourth-order valence-corrected chi connectivity index (χ4v) is 3.33. The monoisotopic (exact) mass is 408 g/mol. The van der Waals surface area contributed by atoms with Crippen LogP contribution in [0.1, 0.15) is 68.6 Å². The minimum Gasteiger partial charge on any atom is -0.375 e. The van der Waals surface area contributed by atoms with Crippen LogP contribution in [0.25, 0.3) is 0 Å². The topological polar surface area (TPSA) is 88.7 Å². The molecule has 0 bridgehead atoms. The van der Waals surface area contributed by atoms with Crippen LogP contribution in [-0.2, 0) is 17.7 Å². The van der Waals surface area contributed by atoms with E-state index in [9.17, 15) is 0 Å². The fraction of sp³-hybridized carbons (Fsp3) is 0.684. The van der Waals surface area contributed by atoms with E-state index in [1.54, 1.807) is 18.4 Å². The van der Waals surface area contributed by atoms with E-state index in [0.717, 1.165) is 41.9 Å². The van der Waals surface area contributed by atoms with Crippen LogP contribution < -0.4 is 5.32 Å². The van der Waals surface area contributed by atoms with Crippen LogP contribution in [0.5, 0.6) is 0 Å². The van der Waals surface area contributed by atoms with Crippen molar-refractivity contribution in [2.75, 3.05) is 27.2 Å². The van der Waals surface area contributed by atoms with Crippen molar-refractivity contribution in [3.63, 3.8) is 0 Å². The normalized spacial score (nSPS) is 13.2. The number of guanidine groups is 1. The van der Waals surface area contributed by atoms with Crippen molar-refractivity contribution in [1.82, 2.24) is 25.3 Å². The third kappa shape index (κ3) is 6.56. The lowest BCUT2D eigenvalue weighted by Gasteiger charge is -2.21. The number of thiazole rings is 1. The molecule has 0 fully saturated rings. The lowest BCUT2D eigenvalue weighted by atomic mass is 10.2. The van der Waals surface area contributed by atoms with Gasteiger partial charge < -0.3 is 19.5 Å². The van der Waals surface area contributed by atoms with Crippen LogP contribution in [0.15, 0.2) is 14.9 Å². The van der Waals surface area contributed by atoms with Crippen molar-refractivity contribution in [2.45, 2.75) is 59.1 Å². The number of nitrogens with zero attached hydrogens (tertiary/aromatic N) is 5. The van der Waals surface area contributed by atoms with E-state index in [-0.39, 0.29) is 12.0 Å². The fourth-order valence-electron chi connectivity index (χ4n) is 2.49. The minimum atomic E-state index is 0.0203. The quantitative estimate of drug-likeness (QED) is 0.366. The molecule has 0 aliphatic heterocycles. The van der Waals surface area contributed by atoms with Crippen LogP contribution in [0.2, 0.25) is 0 Å². The molecule has 2 aromatic heterocycles. The molecule has 0 aliphatic carbocycles. The predicted octanol–water partition coefficient (Wildman–Crippen LogP) is 3.39. The molecule has 0 spiro atoms. The SMILES string of the molecule is CCNC(=NCCCc1nc(C(C)C)no1)N(C)Cc1csc(C(C)OC)n1. The molecule has 0 radical (unpaired) electrons. The summed E-state index contributed by atoms with van der Waals surface area (Å²) in [6, 6.07) is 0. The Morgan fingerprint density at radius 1 is 1.36 bits per heavy atom. The second-order valence-electron chi connectivity index (χ2n) is 6.95. The van der Waals surface area contributed by atoms with Gasteiger partial charge in [0.1, 0.15) is 11.1 Å². The molecule has 0 saturated heterocycles. The van der Waals surface area contributed by atoms with Crippen LogP contribution in [0.4, 0.5) is 0 Å². The van der Waals surface area contributed by atoms with Gasteiger partial charge in [-0.15, -0.1) is 11.3 Å². The second kappa shape index (κ2) is 11.1. The van der Waals surface area contributed by atoms with Gasteiger partial charge in [0.05, 0.1) is 12.2 Å². The number of hydrogen-bond acceptors (Lipinski definition) is 7. The average molecular weight is 409 g/mol. The Bertz CT molecular complexity index is 742. The van der Waals surface area contributed by atoms with Gasteiger partial charge in [-0.2, -0.15) is 4.98 Å². The Kier molecular flexibility index (Phi) is 8.85. The largest absolute Gasteiger partial charge is 0.375 e. The van der Waals surface area contributed by atoms with Gasteiger partial charge in [-0.1, -0.05) is 19.0 Å². The highest BCUT2D eigenvalue weighted by molar-refractivity contribution is 7.09. The third-order valence-electron chi connectivity index (χ3n) is 4.18. The molecule has 1 atom stereocenters. The maximum absolute atomic E-state index is 5.34. The van der Waals surface area contributed by atoms with Gasteiger partial charge in [-0.05, 0) is 20.3 Å². The first-order valence-corrected chi connectivity index (χ1v) is 10.6. The first-order chi connectivity index (χ1) is 13.4. The molecule has 28 heavy (non-hydrogen) atoms. The molecule has 0 aromatic carbocycles. The van der Waals surface area contributed by atoms with E-state index < -0.39 is 0 Å². The Labute approximate surface area is 171 Å². The maximum atomic E-state index is 5.34. The highest BCUT2D eigenvalue weighted by Crippen LogP contribution is 2.21. The number of rotatable bonds is 10. The molecule has 1 N–H and O–H groups in total. The average Bonchev–Trinajstić information content (AvgIpc) is 3.33. The van der Waals surface area contributed by atoms with Gasteiger partial charge in [0.25, 0.3) is 0 Å². The van der Waals surface area contributed by atoms with E-state index in [4.69, 9.17) is 14.3 Å². The van der Waals surface area contributed by atoms with Gasteiger partial charge in [-0.3, -0.25) is 4.99 Å². The first-order valence-electron chi connectivity index (χ1n) is 9.73. The first kappa shape index (κ1) is 22.3. The van der Waals surface area contributed by atoms with Gasteiger partial charge >= 0.3 is 0 Å². The summed E-state index contributed by atoms with van der Waals surface area (Å²) in [4.78, 5) is 15.9. The summed E-state index contributed by atoms with van der Waals surface area (Å²) in [5.74, 6) is 2.59. The Morgan fingerprint density at radius 2 is 2.14 bits per heavy atom. The van der Waals surface area contributed by atoms with E-state index in [2.05, 4.69) is 51.5 Å². The number of hydrogen-bond donors (Lipinski definition) is 1. The van der Waals surface area contributed by atoms with Crippen molar-refractivity contribution in [3.8, 4) is 0 Å². The molecule has 2 rings (SSSR count). The zero-order chi connectivity index (χ0) is 20.5. The number of aliphatic imine (C=N–C) groups is 1. The Hall–Kier alpha value is -2.00. The predicted molar refractivity (Wildman–Crippen MR) is 112 cm³/mol. The number of nitrogens with one attached hydrogen (secondary N) is 1. The molecule has 1 unspecified atom stereocenters. The standard InChI is InChI=1S/C19H32N6O2S/c1-7-20-19(21-10-8-9-16-23-17(13(2)3)24-27-16)25(5)11-15-12-28-18(22-15)14(4)26-6/h12-14H,7-11H2,1-6H3,(H,20,21). The van der Waals surface area contributed by atoms with Crippen molar-refractivity contribution >= 4 is 17.3 Å². The van der Waals surface area contributed by atoms with Crippen LogP contribution in [-0.4, -0.2) is 53.2 Å². The lowest BCUT2D eigenvalue weighted by molar-refractivity contribution is 0.119. The van der Waals surface area contributed by atoms with Gasteiger partial charge in [-0.25, -0.2) is 4.98 Å². The molecule has 9 heteroatoms. The summed E-state index contributed by atoms with van der Waals surface area (Å²) in [6.07, 6.45) is 1.61. The Morgan fingerprint density at radius 3 is 2.79 bits per heavy atom. The molecular formula is C19H32N6O2S. The minimum absolute atomic E-state index is 0.0203. The van der Waals surface area contributed by atoms with Crippen molar-refractivity contribution in [2.24, 2.45) is 4.99 Å². The van der Waals surface area contributed by atoms with E-state index >= 15 is 0 Å². The Balaban J connectivity index is 1.88. The number of methoxy groups -OCH3 is 1. The van der Waals surface area contributed by atoms with Gasteiger partial charge in [0.15, 0.2) is 11.8 Å². The van der Waals surface area contributed by atoms with Crippen molar-refractivity contribution < 1.29 is 9.26 Å².